The number of aliphatic hydroxyl groups is 1. The molecular formula is C28H28N2O5. The largest absolute Gasteiger partial charge is 0.507 e. The van der Waals surface area contributed by atoms with E-state index in [1.165, 1.54) is 12.0 Å². The highest BCUT2D eigenvalue weighted by Crippen LogP contribution is 2.41. The van der Waals surface area contributed by atoms with Crippen LogP contribution in [0.25, 0.3) is 5.76 Å². The molecule has 180 valence electrons. The molecule has 1 unspecified atom stereocenters. The second kappa shape index (κ2) is 9.93. The lowest BCUT2D eigenvalue weighted by atomic mass is 9.95. The number of aliphatic hydroxyl groups excluding tert-OH is 1. The molecule has 1 saturated heterocycles. The van der Waals surface area contributed by atoms with Gasteiger partial charge in [0.25, 0.3) is 11.7 Å². The minimum absolute atomic E-state index is 0.0377. The number of likely N-dealkylation sites (tertiary alicyclic amines) is 1. The number of benzene rings is 3. The Bertz CT molecular complexity index is 1280. The molecule has 0 aromatic heterocycles. The number of ether oxygens (including phenoxy) is 2. The van der Waals surface area contributed by atoms with Gasteiger partial charge in [0.05, 0.1) is 32.4 Å². The average Bonchev–Trinajstić information content (AvgIpc) is 3.13. The van der Waals surface area contributed by atoms with Crippen LogP contribution in [0.1, 0.15) is 22.7 Å². The van der Waals surface area contributed by atoms with Crippen LogP contribution < -0.4 is 14.4 Å². The Labute approximate surface area is 204 Å². The van der Waals surface area contributed by atoms with Crippen LogP contribution in [0.5, 0.6) is 11.5 Å². The number of rotatable bonds is 7. The molecule has 1 heterocycles. The lowest BCUT2D eigenvalue weighted by molar-refractivity contribution is -0.140. The SMILES string of the molecule is COc1cccc(/C(O)=C2/C(=O)C(=O)N(Cc3ccccc3OC)C2c2ccc(N(C)C)cc2)c1. The number of para-hydroxylation sites is 1. The number of hydrogen-bond donors (Lipinski definition) is 1. The van der Waals surface area contributed by atoms with E-state index in [-0.39, 0.29) is 17.9 Å². The molecule has 0 spiro atoms. The van der Waals surface area contributed by atoms with E-state index < -0.39 is 17.7 Å². The molecule has 0 bridgehead atoms. The number of carbonyl (C=O) groups excluding carboxylic acids is 2. The molecule has 0 aliphatic carbocycles. The van der Waals surface area contributed by atoms with Crippen molar-refractivity contribution in [3.63, 3.8) is 0 Å². The van der Waals surface area contributed by atoms with Crippen molar-refractivity contribution < 1.29 is 24.2 Å². The Kier molecular flexibility index (Phi) is 6.78. The number of anilines is 1. The van der Waals surface area contributed by atoms with Gasteiger partial charge < -0.3 is 24.4 Å². The van der Waals surface area contributed by atoms with E-state index in [4.69, 9.17) is 9.47 Å². The number of ketones is 1. The summed E-state index contributed by atoms with van der Waals surface area (Å²) in [5.41, 5.74) is 2.89. The van der Waals surface area contributed by atoms with Crippen LogP contribution in [0.3, 0.4) is 0 Å². The second-order valence-corrected chi connectivity index (χ2v) is 8.46. The van der Waals surface area contributed by atoms with Crippen molar-refractivity contribution >= 4 is 23.1 Å². The van der Waals surface area contributed by atoms with Gasteiger partial charge in [-0.05, 0) is 35.9 Å². The van der Waals surface area contributed by atoms with Gasteiger partial charge in [0, 0.05) is 30.9 Å². The zero-order chi connectivity index (χ0) is 25.1. The number of carbonyl (C=O) groups is 2. The molecule has 3 aromatic carbocycles. The smallest absolute Gasteiger partial charge is 0.295 e. The van der Waals surface area contributed by atoms with Gasteiger partial charge in [0.15, 0.2) is 0 Å². The summed E-state index contributed by atoms with van der Waals surface area (Å²) in [4.78, 5) is 30.1. The molecule has 0 radical (unpaired) electrons. The maximum Gasteiger partial charge on any atom is 0.295 e. The molecule has 1 aliphatic rings. The van der Waals surface area contributed by atoms with E-state index in [1.807, 2.05) is 67.5 Å². The zero-order valence-corrected chi connectivity index (χ0v) is 20.2. The summed E-state index contributed by atoms with van der Waals surface area (Å²) < 4.78 is 10.7. The van der Waals surface area contributed by atoms with Crippen LogP contribution in [-0.4, -0.2) is 50.0 Å². The van der Waals surface area contributed by atoms with Crippen molar-refractivity contribution in [2.24, 2.45) is 0 Å². The predicted molar refractivity (Wildman–Crippen MR) is 135 cm³/mol. The van der Waals surface area contributed by atoms with E-state index in [2.05, 4.69) is 0 Å². The quantitative estimate of drug-likeness (QED) is 0.312. The van der Waals surface area contributed by atoms with Crippen LogP contribution >= 0.6 is 0 Å². The molecule has 0 saturated carbocycles. The lowest BCUT2D eigenvalue weighted by Gasteiger charge is -2.26. The molecule has 1 fully saturated rings. The maximum absolute atomic E-state index is 13.3. The first-order valence-corrected chi connectivity index (χ1v) is 11.2. The van der Waals surface area contributed by atoms with Crippen LogP contribution in [0.15, 0.2) is 78.4 Å². The third-order valence-electron chi connectivity index (χ3n) is 6.14. The fraction of sp³-hybridized carbons (Fsp3) is 0.214. The molecule has 7 nitrogen and oxygen atoms in total. The van der Waals surface area contributed by atoms with Crippen molar-refractivity contribution in [2.75, 3.05) is 33.2 Å². The normalized spacial score (nSPS) is 16.9. The summed E-state index contributed by atoms with van der Waals surface area (Å²) >= 11 is 0. The molecule has 35 heavy (non-hydrogen) atoms. The Morgan fingerprint density at radius 3 is 2.31 bits per heavy atom. The number of amides is 1. The summed E-state index contributed by atoms with van der Waals surface area (Å²) in [7, 11) is 6.96. The van der Waals surface area contributed by atoms with Crippen LogP contribution in [0.4, 0.5) is 5.69 Å². The Morgan fingerprint density at radius 2 is 1.66 bits per heavy atom. The van der Waals surface area contributed by atoms with E-state index in [9.17, 15) is 14.7 Å². The summed E-state index contributed by atoms with van der Waals surface area (Å²) in [6, 6.07) is 21.0. The fourth-order valence-corrected chi connectivity index (χ4v) is 4.29. The lowest BCUT2D eigenvalue weighted by Crippen LogP contribution is -2.29. The third kappa shape index (κ3) is 4.57. The summed E-state index contributed by atoms with van der Waals surface area (Å²) in [5.74, 6) is -0.511. The minimum atomic E-state index is -0.776. The number of methoxy groups -OCH3 is 2. The monoisotopic (exact) mass is 472 g/mol. The first-order valence-electron chi connectivity index (χ1n) is 11.2. The first kappa shape index (κ1) is 23.9. The van der Waals surface area contributed by atoms with Gasteiger partial charge in [-0.2, -0.15) is 0 Å². The predicted octanol–water partition coefficient (Wildman–Crippen LogP) is 4.39. The van der Waals surface area contributed by atoms with Gasteiger partial charge >= 0.3 is 0 Å². The van der Waals surface area contributed by atoms with E-state index in [0.717, 1.165) is 11.3 Å². The molecule has 4 rings (SSSR count). The minimum Gasteiger partial charge on any atom is -0.507 e. The highest BCUT2D eigenvalue weighted by atomic mass is 16.5. The molecule has 1 amide bonds. The number of hydrogen-bond acceptors (Lipinski definition) is 6. The molecule has 7 heteroatoms. The van der Waals surface area contributed by atoms with Gasteiger partial charge in [-0.15, -0.1) is 0 Å². The van der Waals surface area contributed by atoms with Gasteiger partial charge in [-0.3, -0.25) is 9.59 Å². The topological polar surface area (TPSA) is 79.3 Å². The fourth-order valence-electron chi connectivity index (χ4n) is 4.29. The third-order valence-corrected chi connectivity index (χ3v) is 6.14. The van der Waals surface area contributed by atoms with Crippen molar-refractivity contribution in [2.45, 2.75) is 12.6 Å². The highest BCUT2D eigenvalue weighted by molar-refractivity contribution is 6.46. The van der Waals surface area contributed by atoms with Crippen molar-refractivity contribution in [1.29, 1.82) is 0 Å². The summed E-state index contributed by atoms with van der Waals surface area (Å²) in [5, 5.41) is 11.3. The molecule has 1 aliphatic heterocycles. The van der Waals surface area contributed by atoms with Crippen molar-refractivity contribution in [1.82, 2.24) is 4.90 Å². The summed E-state index contributed by atoms with van der Waals surface area (Å²) in [6.45, 7) is 0.142. The Balaban J connectivity index is 1.87. The second-order valence-electron chi connectivity index (χ2n) is 8.46. The molecular weight excluding hydrogens is 444 g/mol. The number of nitrogens with zero attached hydrogens (tertiary/aromatic N) is 2. The molecule has 3 aromatic rings. The van der Waals surface area contributed by atoms with E-state index in [1.54, 1.807) is 31.4 Å². The van der Waals surface area contributed by atoms with Crippen molar-refractivity contribution in [3.05, 3.63) is 95.1 Å². The van der Waals surface area contributed by atoms with E-state index >= 15 is 0 Å². The highest BCUT2D eigenvalue weighted by Gasteiger charge is 2.46. The first-order chi connectivity index (χ1) is 16.8. The maximum atomic E-state index is 13.3. The van der Waals surface area contributed by atoms with Gasteiger partial charge in [0.1, 0.15) is 17.3 Å². The van der Waals surface area contributed by atoms with E-state index in [0.29, 0.717) is 22.6 Å². The van der Waals surface area contributed by atoms with Crippen LogP contribution in [-0.2, 0) is 16.1 Å². The van der Waals surface area contributed by atoms with Crippen LogP contribution in [0.2, 0.25) is 0 Å². The standard InChI is InChI=1S/C28H28N2O5/c1-29(2)21-14-12-18(13-15-21)25-24(26(31)19-9-7-10-22(16-19)34-3)27(32)28(33)30(25)17-20-8-5-6-11-23(20)35-4/h5-16,25,31H,17H2,1-4H3/b26-24-. The van der Waals surface area contributed by atoms with Gasteiger partial charge in [-0.1, -0.05) is 42.5 Å². The molecule has 1 atom stereocenters. The van der Waals surface area contributed by atoms with Crippen molar-refractivity contribution in [3.8, 4) is 11.5 Å². The molecule has 1 N–H and O–H groups in total. The van der Waals surface area contributed by atoms with Gasteiger partial charge in [-0.25, -0.2) is 0 Å². The Morgan fingerprint density at radius 1 is 0.943 bits per heavy atom. The average molecular weight is 473 g/mol. The van der Waals surface area contributed by atoms with Crippen LogP contribution in [0, 0.1) is 0 Å². The number of Topliss-reactive ketones (excluding diaryl/α,β-unsaturated/α-hetero) is 1. The summed E-state index contributed by atoms with van der Waals surface area (Å²) in [6.07, 6.45) is 0. The Hall–Kier alpha value is -4.26. The zero-order valence-electron chi connectivity index (χ0n) is 20.2. The van der Waals surface area contributed by atoms with Gasteiger partial charge in [0.2, 0.25) is 0 Å².